The van der Waals surface area contributed by atoms with Gasteiger partial charge < -0.3 is 4.79 Å². The maximum atomic E-state index is 9.96. The van der Waals surface area contributed by atoms with Crippen LogP contribution in [0, 0.1) is 0 Å². The van der Waals surface area contributed by atoms with Gasteiger partial charge in [-0.2, -0.15) is 0 Å². The Balaban J connectivity index is 2.95. The van der Waals surface area contributed by atoms with E-state index in [1.165, 1.54) is 19.3 Å². The second kappa shape index (κ2) is 10.2. The highest BCUT2D eigenvalue weighted by molar-refractivity contribution is 5.48. The molecular formula is C11H18O. The maximum absolute atomic E-state index is 9.96. The van der Waals surface area contributed by atoms with Crippen LogP contribution < -0.4 is 0 Å². The Morgan fingerprint density at radius 3 is 2.25 bits per heavy atom. The van der Waals surface area contributed by atoms with Crippen molar-refractivity contribution in [2.45, 2.75) is 38.5 Å². The lowest BCUT2D eigenvalue weighted by molar-refractivity contribution is -0.107. The molecule has 0 fully saturated rings. The average molecular weight is 166 g/mol. The summed E-state index contributed by atoms with van der Waals surface area (Å²) in [5.41, 5.74) is 0. The van der Waals surface area contributed by atoms with Crippen LogP contribution in [0.2, 0.25) is 0 Å². The summed E-state index contributed by atoms with van der Waals surface area (Å²) in [6, 6.07) is 0. The molecule has 0 aromatic carbocycles. The summed E-state index contributed by atoms with van der Waals surface area (Å²) in [7, 11) is 0. The number of aldehydes is 1. The molecule has 0 aromatic heterocycles. The standard InChI is InChI=1S/C11H18O/c1-2-3-4-5-6-7-8-9-10-11-12/h2-4,11H,1,5-10H2/b4-3-. The minimum atomic E-state index is 0.725. The van der Waals surface area contributed by atoms with Crippen molar-refractivity contribution in [3.05, 3.63) is 24.8 Å². The summed E-state index contributed by atoms with van der Waals surface area (Å²) >= 11 is 0. The van der Waals surface area contributed by atoms with Crippen molar-refractivity contribution in [2.24, 2.45) is 0 Å². The van der Waals surface area contributed by atoms with Crippen molar-refractivity contribution < 1.29 is 4.79 Å². The summed E-state index contributed by atoms with van der Waals surface area (Å²) in [6.45, 7) is 3.59. The van der Waals surface area contributed by atoms with Gasteiger partial charge >= 0.3 is 0 Å². The highest BCUT2D eigenvalue weighted by Gasteiger charge is 1.87. The van der Waals surface area contributed by atoms with Gasteiger partial charge in [-0.3, -0.25) is 0 Å². The van der Waals surface area contributed by atoms with Gasteiger partial charge in [0, 0.05) is 6.42 Å². The molecule has 0 saturated heterocycles. The molecule has 1 nitrogen and oxygen atoms in total. The van der Waals surface area contributed by atoms with Crippen LogP contribution in [-0.4, -0.2) is 6.29 Å². The monoisotopic (exact) mass is 166 g/mol. The van der Waals surface area contributed by atoms with E-state index in [1.807, 2.05) is 6.08 Å². The van der Waals surface area contributed by atoms with Gasteiger partial charge in [0.25, 0.3) is 0 Å². The molecule has 0 aromatic rings. The van der Waals surface area contributed by atoms with Crippen molar-refractivity contribution in [1.82, 2.24) is 0 Å². The lowest BCUT2D eigenvalue weighted by Crippen LogP contribution is -1.78. The van der Waals surface area contributed by atoms with E-state index < -0.39 is 0 Å². The molecule has 0 aliphatic heterocycles. The Bertz CT molecular complexity index is 136. The molecule has 0 aliphatic carbocycles. The first-order valence-corrected chi connectivity index (χ1v) is 4.63. The normalized spacial score (nSPS) is 10.3. The third-order valence-corrected chi connectivity index (χ3v) is 1.71. The molecule has 1 heteroatoms. The summed E-state index contributed by atoms with van der Waals surface area (Å²) < 4.78 is 0. The van der Waals surface area contributed by atoms with Gasteiger partial charge in [0.05, 0.1) is 0 Å². The Labute approximate surface area is 75.2 Å². The SMILES string of the molecule is C=C/C=C\CCCCCCC=O. The van der Waals surface area contributed by atoms with Crippen LogP contribution in [0.1, 0.15) is 38.5 Å². The molecule has 0 radical (unpaired) electrons. The zero-order chi connectivity index (χ0) is 9.07. The Hall–Kier alpha value is -0.850. The molecule has 0 unspecified atom stereocenters. The first-order valence-electron chi connectivity index (χ1n) is 4.63. The summed E-state index contributed by atoms with van der Waals surface area (Å²) in [6.07, 6.45) is 13.5. The fourth-order valence-electron chi connectivity index (χ4n) is 1.04. The molecule has 0 bridgehead atoms. The fraction of sp³-hybridized carbons (Fsp3) is 0.545. The van der Waals surface area contributed by atoms with Crippen molar-refractivity contribution in [2.75, 3.05) is 0 Å². The number of allylic oxidation sites excluding steroid dienone is 3. The van der Waals surface area contributed by atoms with E-state index in [1.54, 1.807) is 6.08 Å². The van der Waals surface area contributed by atoms with E-state index >= 15 is 0 Å². The van der Waals surface area contributed by atoms with E-state index in [9.17, 15) is 4.79 Å². The van der Waals surface area contributed by atoms with Gasteiger partial charge in [0.1, 0.15) is 6.29 Å². The number of hydrogen-bond acceptors (Lipinski definition) is 1. The van der Waals surface area contributed by atoms with Gasteiger partial charge in [-0.05, 0) is 19.3 Å². The van der Waals surface area contributed by atoms with Gasteiger partial charge in [0.15, 0.2) is 0 Å². The van der Waals surface area contributed by atoms with E-state index in [0.29, 0.717) is 0 Å². The fourth-order valence-corrected chi connectivity index (χ4v) is 1.04. The quantitative estimate of drug-likeness (QED) is 0.307. The summed E-state index contributed by atoms with van der Waals surface area (Å²) in [5, 5.41) is 0. The van der Waals surface area contributed by atoms with Crippen molar-refractivity contribution >= 4 is 6.29 Å². The Kier molecular flexibility index (Phi) is 9.43. The van der Waals surface area contributed by atoms with Gasteiger partial charge in [0.2, 0.25) is 0 Å². The van der Waals surface area contributed by atoms with Gasteiger partial charge in [-0.25, -0.2) is 0 Å². The first kappa shape index (κ1) is 11.2. The molecule has 0 heterocycles. The molecule has 0 amide bonds. The van der Waals surface area contributed by atoms with Crippen molar-refractivity contribution in [1.29, 1.82) is 0 Å². The largest absolute Gasteiger partial charge is 0.303 e. The zero-order valence-corrected chi connectivity index (χ0v) is 7.67. The lowest BCUT2D eigenvalue weighted by atomic mass is 10.1. The number of carbonyl (C=O) groups is 1. The molecule has 0 rings (SSSR count). The molecule has 0 saturated carbocycles. The lowest BCUT2D eigenvalue weighted by Gasteiger charge is -1.94. The molecule has 68 valence electrons. The van der Waals surface area contributed by atoms with E-state index in [0.717, 1.165) is 25.5 Å². The van der Waals surface area contributed by atoms with Crippen LogP contribution in [-0.2, 0) is 4.79 Å². The van der Waals surface area contributed by atoms with E-state index in [-0.39, 0.29) is 0 Å². The molecule has 12 heavy (non-hydrogen) atoms. The predicted octanol–water partition coefficient (Wildman–Crippen LogP) is 3.27. The summed E-state index contributed by atoms with van der Waals surface area (Å²) in [5.74, 6) is 0. The predicted molar refractivity (Wildman–Crippen MR) is 53.1 cm³/mol. The second-order valence-corrected chi connectivity index (χ2v) is 2.82. The Morgan fingerprint density at radius 1 is 1.00 bits per heavy atom. The zero-order valence-electron chi connectivity index (χ0n) is 7.67. The second-order valence-electron chi connectivity index (χ2n) is 2.82. The summed E-state index contributed by atoms with van der Waals surface area (Å²) in [4.78, 5) is 9.96. The third-order valence-electron chi connectivity index (χ3n) is 1.71. The minimum Gasteiger partial charge on any atom is -0.303 e. The highest BCUT2D eigenvalue weighted by atomic mass is 16.1. The van der Waals surface area contributed by atoms with Crippen LogP contribution in [0.15, 0.2) is 24.8 Å². The van der Waals surface area contributed by atoms with E-state index in [2.05, 4.69) is 12.7 Å². The van der Waals surface area contributed by atoms with Crippen molar-refractivity contribution in [3.63, 3.8) is 0 Å². The minimum absolute atomic E-state index is 0.725. The van der Waals surface area contributed by atoms with Crippen LogP contribution in [0.25, 0.3) is 0 Å². The van der Waals surface area contributed by atoms with Crippen LogP contribution >= 0.6 is 0 Å². The average Bonchev–Trinajstić information content (AvgIpc) is 2.10. The molecular weight excluding hydrogens is 148 g/mol. The van der Waals surface area contributed by atoms with Crippen molar-refractivity contribution in [3.8, 4) is 0 Å². The van der Waals surface area contributed by atoms with Crippen LogP contribution in [0.3, 0.4) is 0 Å². The van der Waals surface area contributed by atoms with Crippen LogP contribution in [0.4, 0.5) is 0 Å². The molecule has 0 N–H and O–H groups in total. The topological polar surface area (TPSA) is 17.1 Å². The third kappa shape index (κ3) is 9.15. The highest BCUT2D eigenvalue weighted by Crippen LogP contribution is 2.04. The first-order chi connectivity index (χ1) is 5.91. The van der Waals surface area contributed by atoms with Gasteiger partial charge in [-0.15, -0.1) is 0 Å². The molecule has 0 aliphatic rings. The molecule has 0 atom stereocenters. The maximum Gasteiger partial charge on any atom is 0.119 e. The number of hydrogen-bond donors (Lipinski definition) is 0. The Morgan fingerprint density at radius 2 is 1.67 bits per heavy atom. The van der Waals surface area contributed by atoms with Gasteiger partial charge in [-0.1, -0.05) is 37.6 Å². The van der Waals surface area contributed by atoms with E-state index in [4.69, 9.17) is 0 Å². The number of unbranched alkanes of at least 4 members (excludes halogenated alkanes) is 5. The number of rotatable bonds is 8. The molecule has 0 spiro atoms. The smallest absolute Gasteiger partial charge is 0.119 e. The number of carbonyl (C=O) groups excluding carboxylic acids is 1. The van der Waals surface area contributed by atoms with Crippen LogP contribution in [0.5, 0.6) is 0 Å².